The lowest BCUT2D eigenvalue weighted by molar-refractivity contribution is -0.672. The predicted molar refractivity (Wildman–Crippen MR) is 70.1 cm³/mol. The molecule has 2 aromatic rings. The van der Waals surface area contributed by atoms with Crippen molar-refractivity contribution in [1.82, 2.24) is 0 Å². The molecule has 0 aliphatic carbocycles. The Labute approximate surface area is 134 Å². The molecule has 1 aromatic carbocycles. The third-order valence-electron chi connectivity index (χ3n) is 2.63. The molecule has 0 radical (unpaired) electrons. The fourth-order valence-electron chi connectivity index (χ4n) is 1.62. The maximum atomic E-state index is 8.59. The van der Waals surface area contributed by atoms with Gasteiger partial charge in [-0.2, -0.15) is 4.57 Å². The Morgan fingerprint density at radius 2 is 1.85 bits per heavy atom. The largest absolute Gasteiger partial charge is 1.00 e. The number of hydrogen-bond donors (Lipinski definition) is 1. The summed E-state index contributed by atoms with van der Waals surface area (Å²) >= 11 is 0. The van der Waals surface area contributed by atoms with Gasteiger partial charge in [0.2, 0.25) is 5.69 Å². The zero-order chi connectivity index (χ0) is 13.7. The van der Waals surface area contributed by atoms with E-state index in [1.165, 1.54) is 6.21 Å². The third kappa shape index (κ3) is 4.09. The van der Waals surface area contributed by atoms with E-state index in [1.54, 1.807) is 19.2 Å². The number of rotatable bonds is 4. The summed E-state index contributed by atoms with van der Waals surface area (Å²) in [4.78, 5) is 0. The highest BCUT2D eigenvalue weighted by Crippen LogP contribution is 2.24. The van der Waals surface area contributed by atoms with Crippen LogP contribution in [0.5, 0.6) is 17.2 Å². The summed E-state index contributed by atoms with van der Waals surface area (Å²) in [6.07, 6.45) is 3.17. The van der Waals surface area contributed by atoms with Gasteiger partial charge >= 0.3 is 0 Å². The summed E-state index contributed by atoms with van der Waals surface area (Å²) in [6, 6.07) is 10.9. The van der Waals surface area contributed by atoms with Crippen LogP contribution >= 0.6 is 0 Å². The maximum Gasteiger partial charge on any atom is 0.230 e. The molecule has 0 saturated heterocycles. The van der Waals surface area contributed by atoms with Crippen molar-refractivity contribution >= 4 is 6.21 Å². The van der Waals surface area contributed by atoms with E-state index in [1.807, 2.05) is 42.1 Å². The quantitative estimate of drug-likeness (QED) is 0.244. The smallest absolute Gasteiger partial charge is 0.230 e. The Balaban J connectivity index is 0.00000200. The molecule has 0 unspecified atom stereocenters. The number of oxime groups is 1. The zero-order valence-electron chi connectivity index (χ0n) is 11.2. The van der Waals surface area contributed by atoms with Crippen molar-refractivity contribution in [2.45, 2.75) is 0 Å². The topological polar surface area (TPSA) is 54.9 Å². The number of aromatic nitrogens is 1. The normalized spacial score (nSPS) is 10.1. The van der Waals surface area contributed by atoms with E-state index in [0.29, 0.717) is 11.5 Å². The average Bonchev–Trinajstić information content (AvgIpc) is 2.43. The lowest BCUT2D eigenvalue weighted by atomic mass is 10.3. The highest BCUT2D eigenvalue weighted by atomic mass is 127. The van der Waals surface area contributed by atoms with Gasteiger partial charge in [0.1, 0.15) is 30.5 Å². The minimum atomic E-state index is 0. The molecule has 0 saturated carbocycles. The summed E-state index contributed by atoms with van der Waals surface area (Å²) in [7, 11) is 3.46. The van der Waals surface area contributed by atoms with Crippen LogP contribution in [-0.2, 0) is 7.05 Å². The average molecular weight is 386 g/mol. The molecule has 0 aliphatic rings. The number of halogens is 1. The summed E-state index contributed by atoms with van der Waals surface area (Å²) in [5, 5.41) is 11.6. The Morgan fingerprint density at radius 3 is 2.55 bits per heavy atom. The number of nitrogens with zero attached hydrogens (tertiary/aromatic N) is 2. The number of hydrogen-bond acceptors (Lipinski definition) is 4. The Bertz CT molecular complexity index is 603. The van der Waals surface area contributed by atoms with Gasteiger partial charge in [0.15, 0.2) is 6.20 Å². The molecular formula is C14H15IN2O3. The number of ether oxygens (including phenoxy) is 2. The minimum absolute atomic E-state index is 0. The number of benzene rings is 1. The fraction of sp³-hybridized carbons (Fsp3) is 0.143. The van der Waals surface area contributed by atoms with Gasteiger partial charge in [-0.05, 0) is 12.1 Å². The zero-order valence-corrected chi connectivity index (χ0v) is 13.3. The molecule has 20 heavy (non-hydrogen) atoms. The molecule has 6 heteroatoms. The highest BCUT2D eigenvalue weighted by molar-refractivity contribution is 5.74. The molecular weight excluding hydrogens is 371 g/mol. The second kappa shape index (κ2) is 7.68. The SMILES string of the molecule is COc1cccc(Oc2cc[n+](C)c(/C=N/O)c2)c1.[I-]. The van der Waals surface area contributed by atoms with Crippen LogP contribution in [0.25, 0.3) is 0 Å². The van der Waals surface area contributed by atoms with Gasteiger partial charge in [-0.3, -0.25) is 0 Å². The Kier molecular flexibility index (Phi) is 6.23. The first-order valence-electron chi connectivity index (χ1n) is 5.72. The summed E-state index contributed by atoms with van der Waals surface area (Å²) in [5.41, 5.74) is 0.725. The first-order valence-corrected chi connectivity index (χ1v) is 5.72. The van der Waals surface area contributed by atoms with E-state index in [-0.39, 0.29) is 24.0 Å². The molecule has 0 fully saturated rings. The molecule has 0 amide bonds. The molecule has 1 N–H and O–H groups in total. The van der Waals surface area contributed by atoms with Gasteiger partial charge in [-0.1, -0.05) is 11.2 Å². The van der Waals surface area contributed by atoms with Gasteiger partial charge in [0, 0.05) is 12.1 Å². The minimum Gasteiger partial charge on any atom is -1.00 e. The fourth-order valence-corrected chi connectivity index (χ4v) is 1.62. The van der Waals surface area contributed by atoms with E-state index < -0.39 is 0 Å². The van der Waals surface area contributed by atoms with Gasteiger partial charge in [0.25, 0.3) is 0 Å². The molecule has 1 heterocycles. The van der Waals surface area contributed by atoms with Gasteiger partial charge in [-0.15, -0.1) is 0 Å². The maximum absolute atomic E-state index is 8.59. The van der Waals surface area contributed by atoms with E-state index in [4.69, 9.17) is 14.7 Å². The van der Waals surface area contributed by atoms with Crippen molar-refractivity contribution in [1.29, 1.82) is 0 Å². The van der Waals surface area contributed by atoms with Crippen LogP contribution in [0.3, 0.4) is 0 Å². The van der Waals surface area contributed by atoms with Crippen LogP contribution in [0.1, 0.15) is 5.69 Å². The van der Waals surface area contributed by atoms with Crippen molar-refractivity contribution < 1.29 is 43.2 Å². The summed E-state index contributed by atoms with van der Waals surface area (Å²) in [5.74, 6) is 2.07. The molecule has 2 rings (SSSR count). The van der Waals surface area contributed by atoms with Crippen LogP contribution in [0.15, 0.2) is 47.8 Å². The van der Waals surface area contributed by atoms with E-state index in [2.05, 4.69) is 5.16 Å². The second-order valence-electron chi connectivity index (χ2n) is 3.92. The number of pyridine rings is 1. The number of methoxy groups -OCH3 is 1. The molecule has 1 aromatic heterocycles. The van der Waals surface area contributed by atoms with E-state index in [9.17, 15) is 0 Å². The van der Waals surface area contributed by atoms with Crippen LogP contribution in [0.2, 0.25) is 0 Å². The summed E-state index contributed by atoms with van der Waals surface area (Å²) < 4.78 is 12.7. The van der Waals surface area contributed by atoms with Gasteiger partial charge < -0.3 is 38.7 Å². The molecule has 0 aliphatic heterocycles. The van der Waals surface area contributed by atoms with Crippen molar-refractivity contribution in [3.05, 3.63) is 48.3 Å². The third-order valence-corrected chi connectivity index (χ3v) is 2.63. The van der Waals surface area contributed by atoms with Crippen molar-refractivity contribution in [3.8, 4) is 17.2 Å². The molecule has 0 atom stereocenters. The summed E-state index contributed by atoms with van der Waals surface area (Å²) in [6.45, 7) is 0. The standard InChI is InChI=1S/C14H14N2O3.HI/c1-16-7-6-14(8-11(16)10-15-17)19-13-5-3-4-12(9-13)18-2;/h3-10H,1-2H3;1H. The molecule has 106 valence electrons. The predicted octanol–water partition coefficient (Wildman–Crippen LogP) is -0.876. The van der Waals surface area contributed by atoms with Gasteiger partial charge in [0.05, 0.1) is 13.2 Å². The molecule has 0 spiro atoms. The van der Waals surface area contributed by atoms with Crippen molar-refractivity contribution in [3.63, 3.8) is 0 Å². The monoisotopic (exact) mass is 386 g/mol. The van der Waals surface area contributed by atoms with E-state index >= 15 is 0 Å². The van der Waals surface area contributed by atoms with Crippen LogP contribution in [0.4, 0.5) is 0 Å². The van der Waals surface area contributed by atoms with Crippen molar-refractivity contribution in [2.24, 2.45) is 12.2 Å². The molecule has 5 nitrogen and oxygen atoms in total. The number of aryl methyl sites for hydroxylation is 1. The lowest BCUT2D eigenvalue weighted by Gasteiger charge is -2.07. The Morgan fingerprint density at radius 1 is 1.15 bits per heavy atom. The lowest BCUT2D eigenvalue weighted by Crippen LogP contribution is -3.00. The first kappa shape index (κ1) is 16.2. The highest BCUT2D eigenvalue weighted by Gasteiger charge is 2.07. The van der Waals surface area contributed by atoms with Crippen LogP contribution < -0.4 is 38.0 Å². The second-order valence-corrected chi connectivity index (χ2v) is 3.92. The van der Waals surface area contributed by atoms with Crippen LogP contribution in [-0.4, -0.2) is 18.5 Å². The first-order chi connectivity index (χ1) is 9.22. The van der Waals surface area contributed by atoms with Crippen LogP contribution in [0, 0.1) is 0 Å². The Hall–Kier alpha value is -1.83. The van der Waals surface area contributed by atoms with Crippen molar-refractivity contribution in [2.75, 3.05) is 7.11 Å². The molecule has 0 bridgehead atoms. The van der Waals surface area contributed by atoms with E-state index in [0.717, 1.165) is 11.4 Å². The van der Waals surface area contributed by atoms with Gasteiger partial charge in [-0.25, -0.2) is 0 Å².